The van der Waals surface area contributed by atoms with E-state index in [0.29, 0.717) is 11.7 Å². The summed E-state index contributed by atoms with van der Waals surface area (Å²) in [5.74, 6) is 0.752. The van der Waals surface area contributed by atoms with Gasteiger partial charge in [0.25, 0.3) is 0 Å². The minimum atomic E-state index is 0.00654. The second kappa shape index (κ2) is 8.42. The number of aromatic nitrogens is 2. The van der Waals surface area contributed by atoms with Crippen LogP contribution in [0.4, 0.5) is 0 Å². The molecule has 2 aromatic rings. The van der Waals surface area contributed by atoms with Crippen LogP contribution in [0.15, 0.2) is 35.3 Å². The molecule has 1 fully saturated rings. The van der Waals surface area contributed by atoms with E-state index in [2.05, 4.69) is 23.6 Å². The van der Waals surface area contributed by atoms with Gasteiger partial charge in [-0.1, -0.05) is 25.4 Å². The highest BCUT2D eigenvalue weighted by atomic mass is 35.5. The summed E-state index contributed by atoms with van der Waals surface area (Å²) in [6.45, 7) is 12.5. The minimum absolute atomic E-state index is 0.00654. The fraction of sp³-hybridized carbons (Fsp3) is 0.550. The Balaban J connectivity index is 1.64. The molecule has 6 heteroatoms. The average molecular weight is 377 g/mol. The minimum Gasteiger partial charge on any atom is -0.301 e. The molecule has 0 N–H and O–H groups in total. The van der Waals surface area contributed by atoms with Crippen LogP contribution in [0.1, 0.15) is 26.0 Å². The van der Waals surface area contributed by atoms with Crippen molar-refractivity contribution in [3.63, 3.8) is 0 Å². The molecule has 0 bridgehead atoms. The molecule has 0 unspecified atom stereocenters. The monoisotopic (exact) mass is 376 g/mol. The van der Waals surface area contributed by atoms with Crippen molar-refractivity contribution in [3.8, 4) is 5.69 Å². The predicted molar refractivity (Wildman–Crippen MR) is 107 cm³/mol. The maximum Gasteiger partial charge on any atom is 0.334 e. The van der Waals surface area contributed by atoms with Crippen LogP contribution in [0, 0.1) is 12.8 Å². The number of rotatable bonds is 6. The molecule has 0 radical (unpaired) electrons. The van der Waals surface area contributed by atoms with Gasteiger partial charge in [0.1, 0.15) is 0 Å². The summed E-state index contributed by atoms with van der Waals surface area (Å²) >= 11 is 5.96. The third-order valence-corrected chi connectivity index (χ3v) is 5.31. The standard InChI is InChI=1S/C20H29ClN4O/c1-16(2)8-9-22-10-12-23(13-11-22)15-24-14-17(3)25(20(24)26)19-6-4-18(21)5-7-19/h4-7,14,16H,8-13,15H2,1-3H3. The lowest BCUT2D eigenvalue weighted by molar-refractivity contribution is 0.103. The van der Waals surface area contributed by atoms with E-state index < -0.39 is 0 Å². The van der Waals surface area contributed by atoms with Crippen LogP contribution in [-0.4, -0.2) is 51.7 Å². The van der Waals surface area contributed by atoms with Crippen molar-refractivity contribution in [2.45, 2.75) is 33.9 Å². The van der Waals surface area contributed by atoms with Gasteiger partial charge >= 0.3 is 5.69 Å². The first-order valence-electron chi connectivity index (χ1n) is 9.43. The fourth-order valence-electron chi connectivity index (χ4n) is 3.43. The van der Waals surface area contributed by atoms with Crippen LogP contribution in [0.3, 0.4) is 0 Å². The Labute approximate surface area is 160 Å². The number of hydrogen-bond acceptors (Lipinski definition) is 3. The number of piperazine rings is 1. The smallest absolute Gasteiger partial charge is 0.301 e. The number of hydrogen-bond donors (Lipinski definition) is 0. The Morgan fingerprint density at radius 2 is 1.65 bits per heavy atom. The number of imidazole rings is 1. The summed E-state index contributed by atoms with van der Waals surface area (Å²) in [5.41, 5.74) is 1.80. The molecular weight excluding hydrogens is 348 g/mol. The van der Waals surface area contributed by atoms with Gasteiger partial charge in [-0.05, 0) is 50.1 Å². The second-order valence-electron chi connectivity index (χ2n) is 7.62. The van der Waals surface area contributed by atoms with E-state index in [0.717, 1.165) is 43.5 Å². The zero-order chi connectivity index (χ0) is 18.7. The van der Waals surface area contributed by atoms with Crippen molar-refractivity contribution in [1.29, 1.82) is 0 Å². The first-order chi connectivity index (χ1) is 12.4. The number of aryl methyl sites for hydroxylation is 1. The molecule has 26 heavy (non-hydrogen) atoms. The van der Waals surface area contributed by atoms with Gasteiger partial charge in [-0.15, -0.1) is 0 Å². The Kier molecular flexibility index (Phi) is 6.22. The SMILES string of the molecule is Cc1cn(CN2CCN(CCC(C)C)CC2)c(=O)n1-c1ccc(Cl)cc1. The van der Waals surface area contributed by atoms with E-state index in [1.807, 2.05) is 42.0 Å². The molecule has 1 aromatic carbocycles. The van der Waals surface area contributed by atoms with E-state index in [1.165, 1.54) is 13.0 Å². The zero-order valence-electron chi connectivity index (χ0n) is 16.0. The fourth-order valence-corrected chi connectivity index (χ4v) is 3.56. The van der Waals surface area contributed by atoms with E-state index >= 15 is 0 Å². The highest BCUT2D eigenvalue weighted by Gasteiger charge is 2.19. The summed E-state index contributed by atoms with van der Waals surface area (Å²) in [7, 11) is 0. The molecule has 3 rings (SSSR count). The average Bonchev–Trinajstić information content (AvgIpc) is 2.89. The number of halogens is 1. The van der Waals surface area contributed by atoms with Crippen molar-refractivity contribution in [2.75, 3.05) is 32.7 Å². The second-order valence-corrected chi connectivity index (χ2v) is 8.05. The third kappa shape index (κ3) is 4.58. The Hall–Kier alpha value is -1.56. The van der Waals surface area contributed by atoms with Crippen molar-refractivity contribution in [2.24, 2.45) is 5.92 Å². The van der Waals surface area contributed by atoms with Gasteiger partial charge in [0.15, 0.2) is 0 Å². The molecule has 1 saturated heterocycles. The zero-order valence-corrected chi connectivity index (χ0v) is 16.7. The maximum absolute atomic E-state index is 12.8. The van der Waals surface area contributed by atoms with Gasteiger partial charge in [-0.25, -0.2) is 4.79 Å². The van der Waals surface area contributed by atoms with Crippen LogP contribution in [-0.2, 0) is 6.67 Å². The van der Waals surface area contributed by atoms with Gasteiger partial charge in [0.05, 0.1) is 12.4 Å². The van der Waals surface area contributed by atoms with Crippen molar-refractivity contribution < 1.29 is 0 Å². The highest BCUT2D eigenvalue weighted by Crippen LogP contribution is 2.14. The Morgan fingerprint density at radius 1 is 1.04 bits per heavy atom. The third-order valence-electron chi connectivity index (χ3n) is 5.06. The van der Waals surface area contributed by atoms with E-state index in [-0.39, 0.29) is 5.69 Å². The van der Waals surface area contributed by atoms with Gasteiger partial charge in [-0.3, -0.25) is 14.0 Å². The highest BCUT2D eigenvalue weighted by molar-refractivity contribution is 6.30. The maximum atomic E-state index is 12.8. The van der Waals surface area contributed by atoms with Crippen LogP contribution in [0.5, 0.6) is 0 Å². The summed E-state index contributed by atoms with van der Waals surface area (Å²) in [6.07, 6.45) is 3.20. The summed E-state index contributed by atoms with van der Waals surface area (Å²) in [5, 5.41) is 0.675. The molecule has 5 nitrogen and oxygen atoms in total. The van der Waals surface area contributed by atoms with Crippen molar-refractivity contribution >= 4 is 11.6 Å². The van der Waals surface area contributed by atoms with Crippen LogP contribution < -0.4 is 5.69 Å². The van der Waals surface area contributed by atoms with Crippen LogP contribution in [0.2, 0.25) is 5.02 Å². The number of benzene rings is 1. The quantitative estimate of drug-likeness (QED) is 0.776. The molecule has 1 aliphatic rings. The van der Waals surface area contributed by atoms with Gasteiger partial charge in [0.2, 0.25) is 0 Å². The Bertz CT molecular complexity index is 770. The molecule has 1 aliphatic heterocycles. The predicted octanol–water partition coefficient (Wildman–Crippen LogP) is 3.22. The van der Waals surface area contributed by atoms with E-state index in [1.54, 1.807) is 4.57 Å². The van der Waals surface area contributed by atoms with Gasteiger partial charge < -0.3 is 4.90 Å². The van der Waals surface area contributed by atoms with Gasteiger partial charge in [-0.2, -0.15) is 0 Å². The van der Waals surface area contributed by atoms with Crippen molar-refractivity contribution in [1.82, 2.24) is 18.9 Å². The molecule has 0 amide bonds. The van der Waals surface area contributed by atoms with Gasteiger partial charge in [0, 0.05) is 43.1 Å². The van der Waals surface area contributed by atoms with Crippen LogP contribution in [0.25, 0.3) is 5.69 Å². The van der Waals surface area contributed by atoms with Crippen molar-refractivity contribution in [3.05, 3.63) is 51.7 Å². The molecule has 142 valence electrons. The largest absolute Gasteiger partial charge is 0.334 e. The number of nitrogens with zero attached hydrogens (tertiary/aromatic N) is 4. The molecule has 0 saturated carbocycles. The summed E-state index contributed by atoms with van der Waals surface area (Å²) in [6, 6.07) is 7.40. The molecule has 0 spiro atoms. The lowest BCUT2D eigenvalue weighted by atomic mass is 10.1. The molecule has 0 atom stereocenters. The van der Waals surface area contributed by atoms with E-state index in [9.17, 15) is 4.79 Å². The summed E-state index contributed by atoms with van der Waals surface area (Å²) < 4.78 is 3.56. The lowest BCUT2D eigenvalue weighted by Crippen LogP contribution is -2.47. The molecule has 1 aromatic heterocycles. The normalized spacial score (nSPS) is 16.5. The lowest BCUT2D eigenvalue weighted by Gasteiger charge is -2.34. The topological polar surface area (TPSA) is 33.4 Å². The summed E-state index contributed by atoms with van der Waals surface area (Å²) in [4.78, 5) is 17.7. The van der Waals surface area contributed by atoms with Crippen LogP contribution >= 0.6 is 11.6 Å². The molecule has 2 heterocycles. The Morgan fingerprint density at radius 3 is 2.27 bits per heavy atom. The first kappa shape index (κ1) is 19.2. The first-order valence-corrected chi connectivity index (χ1v) is 9.81. The van der Waals surface area contributed by atoms with E-state index in [4.69, 9.17) is 11.6 Å². The molecular formula is C20H29ClN4O. The molecule has 0 aliphatic carbocycles.